The van der Waals surface area contributed by atoms with Gasteiger partial charge in [-0.2, -0.15) is 0 Å². The Bertz CT molecular complexity index is 1090. The van der Waals surface area contributed by atoms with Crippen LogP contribution in [0.15, 0.2) is 110 Å². The summed E-state index contributed by atoms with van der Waals surface area (Å²) in [5, 5.41) is 2.42. The van der Waals surface area contributed by atoms with E-state index in [9.17, 15) is 0 Å². The fourth-order valence-electron chi connectivity index (χ4n) is 3.32. The summed E-state index contributed by atoms with van der Waals surface area (Å²) in [6.45, 7) is 8.67. The first-order chi connectivity index (χ1) is 12.7. The van der Waals surface area contributed by atoms with Gasteiger partial charge < -0.3 is 0 Å². The lowest BCUT2D eigenvalue weighted by atomic mass is 9.91. The third kappa shape index (κ3) is 2.98. The molecule has 0 radical (unpaired) electrons. The van der Waals surface area contributed by atoms with Gasteiger partial charge in [-0.1, -0.05) is 104 Å². The SMILES string of the molecule is C=C(c1ccccc1)c1ccc2cccc(C(=C)c3ccccc3)c2c1. The van der Waals surface area contributed by atoms with E-state index < -0.39 is 0 Å². The minimum atomic E-state index is 1.03. The lowest BCUT2D eigenvalue weighted by Crippen LogP contribution is -1.91. The highest BCUT2D eigenvalue weighted by molar-refractivity contribution is 5.99. The molecule has 0 aliphatic rings. The molecule has 0 saturated heterocycles. The second kappa shape index (κ2) is 6.85. The highest BCUT2D eigenvalue weighted by Gasteiger charge is 2.09. The molecule has 0 aromatic heterocycles. The Labute approximate surface area is 154 Å². The summed E-state index contributed by atoms with van der Waals surface area (Å²) in [4.78, 5) is 0. The van der Waals surface area contributed by atoms with Crippen LogP contribution in [0, 0.1) is 0 Å². The number of rotatable bonds is 4. The van der Waals surface area contributed by atoms with Gasteiger partial charge in [-0.05, 0) is 50.2 Å². The standard InChI is InChI=1S/C26H20/c1-19(21-10-5-3-6-11-21)24-17-16-23-14-9-15-25(26(23)18-24)20(2)22-12-7-4-8-13-22/h3-18H,1-2H2. The van der Waals surface area contributed by atoms with Gasteiger partial charge in [-0.3, -0.25) is 0 Å². The van der Waals surface area contributed by atoms with Crippen molar-refractivity contribution in [1.82, 2.24) is 0 Å². The van der Waals surface area contributed by atoms with Crippen molar-refractivity contribution >= 4 is 21.9 Å². The molecule has 0 aliphatic carbocycles. The zero-order valence-corrected chi connectivity index (χ0v) is 14.7. The normalized spacial score (nSPS) is 10.6. The van der Waals surface area contributed by atoms with Crippen LogP contribution in [0.3, 0.4) is 0 Å². The molecule has 0 saturated carbocycles. The molecular weight excluding hydrogens is 312 g/mol. The summed E-state index contributed by atoms with van der Waals surface area (Å²) in [5.74, 6) is 0. The van der Waals surface area contributed by atoms with Gasteiger partial charge >= 0.3 is 0 Å². The van der Waals surface area contributed by atoms with Crippen LogP contribution in [0.1, 0.15) is 22.3 Å². The van der Waals surface area contributed by atoms with E-state index in [4.69, 9.17) is 0 Å². The van der Waals surface area contributed by atoms with E-state index in [0.29, 0.717) is 0 Å². The largest absolute Gasteiger partial charge is 0.0906 e. The molecular formula is C26H20. The molecule has 124 valence electrons. The Hall–Kier alpha value is -3.38. The van der Waals surface area contributed by atoms with E-state index in [1.54, 1.807) is 0 Å². The quantitative estimate of drug-likeness (QED) is 0.379. The zero-order valence-electron chi connectivity index (χ0n) is 14.7. The summed E-state index contributed by atoms with van der Waals surface area (Å²) in [5.41, 5.74) is 6.67. The van der Waals surface area contributed by atoms with Crippen molar-refractivity contribution in [3.8, 4) is 0 Å². The molecule has 0 heterocycles. The lowest BCUT2D eigenvalue weighted by Gasteiger charge is -2.13. The van der Waals surface area contributed by atoms with E-state index in [2.05, 4.69) is 73.8 Å². The Morgan fingerprint density at radius 3 is 1.77 bits per heavy atom. The highest BCUT2D eigenvalue weighted by atomic mass is 14.1. The topological polar surface area (TPSA) is 0 Å². The smallest absolute Gasteiger partial charge is 0.00992 e. The molecule has 4 aromatic carbocycles. The van der Waals surface area contributed by atoms with Gasteiger partial charge in [-0.15, -0.1) is 0 Å². The predicted octanol–water partition coefficient (Wildman–Crippen LogP) is 6.96. The maximum absolute atomic E-state index is 4.36. The van der Waals surface area contributed by atoms with Gasteiger partial charge in [0.25, 0.3) is 0 Å². The maximum atomic E-state index is 4.36. The molecule has 0 N–H and O–H groups in total. The molecule has 0 nitrogen and oxygen atoms in total. The number of hydrogen-bond acceptors (Lipinski definition) is 0. The third-order valence-corrected chi connectivity index (χ3v) is 4.80. The molecule has 4 aromatic rings. The van der Waals surface area contributed by atoms with E-state index in [-0.39, 0.29) is 0 Å². The fourth-order valence-corrected chi connectivity index (χ4v) is 3.32. The highest BCUT2D eigenvalue weighted by Crippen LogP contribution is 2.31. The molecule has 0 atom stereocenters. The van der Waals surface area contributed by atoms with Crippen molar-refractivity contribution in [2.75, 3.05) is 0 Å². The summed E-state index contributed by atoms with van der Waals surface area (Å²) < 4.78 is 0. The molecule has 0 heteroatoms. The molecule has 0 fully saturated rings. The van der Waals surface area contributed by atoms with Gasteiger partial charge in [0.15, 0.2) is 0 Å². The van der Waals surface area contributed by atoms with E-state index >= 15 is 0 Å². The van der Waals surface area contributed by atoms with Gasteiger partial charge in [0.1, 0.15) is 0 Å². The van der Waals surface area contributed by atoms with Crippen molar-refractivity contribution in [3.63, 3.8) is 0 Å². The van der Waals surface area contributed by atoms with E-state index in [1.807, 2.05) is 36.4 Å². The van der Waals surface area contributed by atoms with Gasteiger partial charge in [0, 0.05) is 0 Å². The van der Waals surface area contributed by atoms with Gasteiger partial charge in [0.05, 0.1) is 0 Å². The second-order valence-electron chi connectivity index (χ2n) is 6.43. The van der Waals surface area contributed by atoms with Crippen LogP contribution in [0.5, 0.6) is 0 Å². The molecule has 26 heavy (non-hydrogen) atoms. The van der Waals surface area contributed by atoms with Crippen molar-refractivity contribution in [2.45, 2.75) is 0 Å². The Kier molecular flexibility index (Phi) is 4.25. The first kappa shape index (κ1) is 16.1. The Balaban J connectivity index is 1.83. The predicted molar refractivity (Wildman–Crippen MR) is 113 cm³/mol. The maximum Gasteiger partial charge on any atom is -0.00992 e. The first-order valence-corrected chi connectivity index (χ1v) is 8.76. The van der Waals surface area contributed by atoms with Crippen LogP contribution in [-0.4, -0.2) is 0 Å². The summed E-state index contributed by atoms with van der Waals surface area (Å²) in [6.07, 6.45) is 0. The van der Waals surface area contributed by atoms with Crippen molar-refractivity contribution < 1.29 is 0 Å². The second-order valence-corrected chi connectivity index (χ2v) is 6.43. The summed E-state index contributed by atoms with van der Waals surface area (Å²) in [6, 6.07) is 33.6. The van der Waals surface area contributed by atoms with Crippen LogP contribution >= 0.6 is 0 Å². The molecule has 0 unspecified atom stereocenters. The van der Waals surface area contributed by atoms with Crippen LogP contribution in [0.25, 0.3) is 21.9 Å². The zero-order chi connectivity index (χ0) is 17.9. The summed E-state index contributed by atoms with van der Waals surface area (Å²) in [7, 11) is 0. The monoisotopic (exact) mass is 332 g/mol. The lowest BCUT2D eigenvalue weighted by molar-refractivity contribution is 1.56. The number of fused-ring (bicyclic) bond motifs is 1. The fraction of sp³-hybridized carbons (Fsp3) is 0. The van der Waals surface area contributed by atoms with E-state index in [0.717, 1.165) is 33.4 Å². The summed E-state index contributed by atoms with van der Waals surface area (Å²) >= 11 is 0. The van der Waals surface area contributed by atoms with Crippen molar-refractivity contribution in [2.24, 2.45) is 0 Å². The van der Waals surface area contributed by atoms with Crippen LogP contribution in [-0.2, 0) is 0 Å². The minimum absolute atomic E-state index is 1.03. The molecule has 0 aliphatic heterocycles. The van der Waals surface area contributed by atoms with Crippen LogP contribution in [0.2, 0.25) is 0 Å². The van der Waals surface area contributed by atoms with Crippen LogP contribution in [0.4, 0.5) is 0 Å². The van der Waals surface area contributed by atoms with Gasteiger partial charge in [0.2, 0.25) is 0 Å². The molecule has 0 amide bonds. The van der Waals surface area contributed by atoms with Crippen LogP contribution < -0.4 is 0 Å². The van der Waals surface area contributed by atoms with Crippen molar-refractivity contribution in [3.05, 3.63) is 132 Å². The Morgan fingerprint density at radius 2 is 1.12 bits per heavy atom. The van der Waals surface area contributed by atoms with Gasteiger partial charge in [-0.25, -0.2) is 0 Å². The number of benzene rings is 4. The van der Waals surface area contributed by atoms with E-state index in [1.165, 1.54) is 10.8 Å². The molecule has 4 rings (SSSR count). The van der Waals surface area contributed by atoms with Crippen molar-refractivity contribution in [1.29, 1.82) is 0 Å². The average molecular weight is 332 g/mol. The average Bonchev–Trinajstić information content (AvgIpc) is 2.73. The molecule has 0 bridgehead atoms. The minimum Gasteiger partial charge on any atom is -0.0906 e. The third-order valence-electron chi connectivity index (χ3n) is 4.80. The molecule has 0 spiro atoms. The number of hydrogen-bond donors (Lipinski definition) is 0. The first-order valence-electron chi connectivity index (χ1n) is 8.76. The Morgan fingerprint density at radius 1 is 0.500 bits per heavy atom.